The predicted molar refractivity (Wildman–Crippen MR) is 62.2 cm³/mol. The third-order valence-electron chi connectivity index (χ3n) is 2.23. The van der Waals surface area contributed by atoms with Crippen LogP contribution in [-0.4, -0.2) is 6.29 Å². The lowest BCUT2D eigenvalue weighted by atomic mass is 10.0. The zero-order chi connectivity index (χ0) is 11.5. The maximum atomic E-state index is 13.2. The van der Waals surface area contributed by atoms with Gasteiger partial charge in [-0.3, -0.25) is 4.79 Å². The monoisotopic (exact) mass is 234 g/mol. The van der Waals surface area contributed by atoms with E-state index >= 15 is 0 Å². The van der Waals surface area contributed by atoms with Gasteiger partial charge in [-0.25, -0.2) is 4.39 Å². The molecular formula is C13H8ClFO. The minimum absolute atomic E-state index is 0.324. The van der Waals surface area contributed by atoms with E-state index in [4.69, 9.17) is 11.6 Å². The van der Waals surface area contributed by atoms with Crippen LogP contribution in [0.1, 0.15) is 10.4 Å². The van der Waals surface area contributed by atoms with Crippen LogP contribution < -0.4 is 0 Å². The Balaban J connectivity index is 2.51. The van der Waals surface area contributed by atoms with Crippen molar-refractivity contribution in [2.24, 2.45) is 0 Å². The van der Waals surface area contributed by atoms with E-state index in [2.05, 4.69) is 0 Å². The number of hydrogen-bond acceptors (Lipinski definition) is 1. The summed E-state index contributed by atoms with van der Waals surface area (Å²) in [7, 11) is 0. The molecular weight excluding hydrogens is 227 g/mol. The molecule has 0 bridgehead atoms. The largest absolute Gasteiger partial charge is 0.298 e. The molecule has 0 unspecified atom stereocenters. The molecule has 0 saturated heterocycles. The highest BCUT2D eigenvalue weighted by molar-refractivity contribution is 6.30. The van der Waals surface area contributed by atoms with Gasteiger partial charge in [-0.15, -0.1) is 0 Å². The molecule has 1 nitrogen and oxygen atoms in total. The fourth-order valence-corrected chi connectivity index (χ4v) is 1.62. The zero-order valence-corrected chi connectivity index (χ0v) is 9.04. The minimum atomic E-state index is -0.422. The molecule has 0 aliphatic heterocycles. The second-order valence-electron chi connectivity index (χ2n) is 3.40. The third kappa shape index (κ3) is 2.28. The molecule has 0 N–H and O–H groups in total. The molecule has 0 fully saturated rings. The van der Waals surface area contributed by atoms with Gasteiger partial charge in [0.2, 0.25) is 0 Å². The molecule has 0 aromatic heterocycles. The first-order valence-electron chi connectivity index (χ1n) is 4.71. The molecule has 0 atom stereocenters. The van der Waals surface area contributed by atoms with E-state index in [1.54, 1.807) is 30.3 Å². The topological polar surface area (TPSA) is 17.1 Å². The Kier molecular flexibility index (Phi) is 3.02. The summed E-state index contributed by atoms with van der Waals surface area (Å²) >= 11 is 5.76. The molecule has 0 heterocycles. The fraction of sp³-hybridized carbons (Fsp3) is 0. The van der Waals surface area contributed by atoms with Crippen LogP contribution in [0.15, 0.2) is 42.5 Å². The Bertz CT molecular complexity index is 520. The molecule has 0 radical (unpaired) electrons. The van der Waals surface area contributed by atoms with E-state index in [9.17, 15) is 9.18 Å². The normalized spacial score (nSPS) is 10.1. The van der Waals surface area contributed by atoms with Gasteiger partial charge in [0.05, 0.1) is 0 Å². The van der Waals surface area contributed by atoms with Crippen LogP contribution in [0.4, 0.5) is 4.39 Å². The van der Waals surface area contributed by atoms with Crippen LogP contribution >= 0.6 is 11.6 Å². The maximum absolute atomic E-state index is 13.2. The second kappa shape index (κ2) is 4.45. The Morgan fingerprint density at radius 2 is 1.69 bits per heavy atom. The van der Waals surface area contributed by atoms with Crippen LogP contribution in [0.5, 0.6) is 0 Å². The van der Waals surface area contributed by atoms with Gasteiger partial charge in [0.1, 0.15) is 12.1 Å². The minimum Gasteiger partial charge on any atom is -0.298 e. The number of carbonyl (C=O) groups excluding carboxylic acids is 1. The van der Waals surface area contributed by atoms with Crippen LogP contribution in [0, 0.1) is 5.82 Å². The average Bonchev–Trinajstić information content (AvgIpc) is 2.29. The third-order valence-corrected chi connectivity index (χ3v) is 2.49. The van der Waals surface area contributed by atoms with Gasteiger partial charge in [0.25, 0.3) is 0 Å². The maximum Gasteiger partial charge on any atom is 0.150 e. The summed E-state index contributed by atoms with van der Waals surface area (Å²) in [5.41, 5.74) is 1.82. The highest BCUT2D eigenvalue weighted by Gasteiger charge is 2.02. The lowest BCUT2D eigenvalue weighted by Crippen LogP contribution is -1.86. The van der Waals surface area contributed by atoms with Crippen molar-refractivity contribution in [2.45, 2.75) is 0 Å². The van der Waals surface area contributed by atoms with Gasteiger partial charge in [0, 0.05) is 10.6 Å². The molecule has 16 heavy (non-hydrogen) atoms. The van der Waals surface area contributed by atoms with Crippen molar-refractivity contribution in [2.75, 3.05) is 0 Å². The summed E-state index contributed by atoms with van der Waals surface area (Å²) in [5, 5.41) is 0.621. The van der Waals surface area contributed by atoms with Crippen LogP contribution in [0.2, 0.25) is 5.02 Å². The van der Waals surface area contributed by atoms with Gasteiger partial charge >= 0.3 is 0 Å². The summed E-state index contributed by atoms with van der Waals surface area (Å²) in [6.45, 7) is 0. The number of halogens is 2. The fourth-order valence-electron chi connectivity index (χ4n) is 1.49. The first-order valence-corrected chi connectivity index (χ1v) is 5.08. The summed E-state index contributed by atoms with van der Waals surface area (Å²) in [6, 6.07) is 11.2. The van der Waals surface area contributed by atoms with E-state index in [0.717, 1.165) is 5.56 Å². The van der Waals surface area contributed by atoms with Crippen molar-refractivity contribution in [1.82, 2.24) is 0 Å². The van der Waals surface area contributed by atoms with Crippen molar-refractivity contribution in [3.05, 3.63) is 58.9 Å². The number of hydrogen-bond donors (Lipinski definition) is 0. The number of rotatable bonds is 2. The second-order valence-corrected chi connectivity index (χ2v) is 3.83. The standard InChI is InChI=1S/C13H8ClFO/c14-12-3-1-10(2-4-12)11-5-9(8-16)6-13(15)7-11/h1-8H. The Labute approximate surface area is 97.5 Å². The van der Waals surface area contributed by atoms with Crippen molar-refractivity contribution < 1.29 is 9.18 Å². The molecule has 0 amide bonds. The zero-order valence-electron chi connectivity index (χ0n) is 8.28. The number of carbonyl (C=O) groups is 1. The summed E-state index contributed by atoms with van der Waals surface area (Å²) in [6.07, 6.45) is 0.627. The van der Waals surface area contributed by atoms with E-state index in [1.807, 2.05) is 0 Å². The quantitative estimate of drug-likeness (QED) is 0.719. The Hall–Kier alpha value is -1.67. The predicted octanol–water partition coefficient (Wildman–Crippen LogP) is 3.96. The number of aldehydes is 1. The highest BCUT2D eigenvalue weighted by Crippen LogP contribution is 2.23. The Morgan fingerprint density at radius 3 is 2.31 bits per heavy atom. The highest BCUT2D eigenvalue weighted by atomic mass is 35.5. The van der Waals surface area contributed by atoms with Crippen molar-refractivity contribution in [3.8, 4) is 11.1 Å². The molecule has 0 spiro atoms. The molecule has 2 rings (SSSR count). The molecule has 2 aromatic carbocycles. The lowest BCUT2D eigenvalue weighted by molar-refractivity contribution is 0.112. The van der Waals surface area contributed by atoms with Gasteiger partial charge in [-0.05, 0) is 41.5 Å². The van der Waals surface area contributed by atoms with Crippen molar-refractivity contribution in [3.63, 3.8) is 0 Å². The smallest absolute Gasteiger partial charge is 0.150 e. The average molecular weight is 235 g/mol. The number of benzene rings is 2. The van der Waals surface area contributed by atoms with Crippen LogP contribution in [-0.2, 0) is 0 Å². The molecule has 3 heteroatoms. The first kappa shape index (κ1) is 10.8. The molecule has 0 saturated carbocycles. The van der Waals surface area contributed by atoms with Gasteiger partial charge in [-0.1, -0.05) is 23.7 Å². The molecule has 2 aromatic rings. The molecule has 80 valence electrons. The summed E-state index contributed by atoms with van der Waals surface area (Å²) in [4.78, 5) is 10.6. The van der Waals surface area contributed by atoms with Gasteiger partial charge in [0.15, 0.2) is 0 Å². The lowest BCUT2D eigenvalue weighted by Gasteiger charge is -2.03. The van der Waals surface area contributed by atoms with Crippen molar-refractivity contribution >= 4 is 17.9 Å². The first-order chi connectivity index (χ1) is 7.69. The summed E-state index contributed by atoms with van der Waals surface area (Å²) < 4.78 is 13.2. The molecule has 0 aliphatic rings. The van der Waals surface area contributed by atoms with E-state index in [-0.39, 0.29) is 0 Å². The van der Waals surface area contributed by atoms with Crippen LogP contribution in [0.3, 0.4) is 0 Å². The van der Waals surface area contributed by atoms with E-state index in [1.165, 1.54) is 12.1 Å². The van der Waals surface area contributed by atoms with E-state index in [0.29, 0.717) is 22.4 Å². The molecule has 0 aliphatic carbocycles. The summed E-state index contributed by atoms with van der Waals surface area (Å²) in [5.74, 6) is -0.422. The van der Waals surface area contributed by atoms with Crippen molar-refractivity contribution in [1.29, 1.82) is 0 Å². The Morgan fingerprint density at radius 1 is 1.00 bits per heavy atom. The van der Waals surface area contributed by atoms with Gasteiger partial charge in [-0.2, -0.15) is 0 Å². The van der Waals surface area contributed by atoms with Gasteiger partial charge < -0.3 is 0 Å². The SMILES string of the molecule is O=Cc1cc(F)cc(-c2ccc(Cl)cc2)c1. The van der Waals surface area contributed by atoms with E-state index < -0.39 is 5.82 Å². The van der Waals surface area contributed by atoms with Crippen LogP contribution in [0.25, 0.3) is 11.1 Å².